The van der Waals surface area contributed by atoms with Crippen molar-refractivity contribution in [1.82, 2.24) is 19.6 Å². The van der Waals surface area contributed by atoms with Crippen molar-refractivity contribution in [2.45, 2.75) is 13.8 Å². The highest BCUT2D eigenvalue weighted by Crippen LogP contribution is 3.10. The number of amides is 2. The van der Waals surface area contributed by atoms with Crippen LogP contribution in [0.15, 0.2) is 12.1 Å². The zero-order valence-electron chi connectivity index (χ0n) is 16.2. The maximum absolute atomic E-state index is 13.1. The number of nitrogens with zero attached hydrogens (tertiary/aromatic N) is 4. The Balaban J connectivity index is 1.11. The van der Waals surface area contributed by atoms with Crippen molar-refractivity contribution >= 4 is 23.5 Å². The molecule has 0 spiro atoms. The number of aryl methyl sites for hydroxylation is 4. The van der Waals surface area contributed by atoms with Crippen LogP contribution in [0.2, 0.25) is 0 Å². The van der Waals surface area contributed by atoms with Crippen LogP contribution in [-0.4, -0.2) is 31.4 Å². The first-order valence-electron chi connectivity index (χ1n) is 9.98. The quantitative estimate of drug-likeness (QED) is 0.833. The Morgan fingerprint density at radius 2 is 1.11 bits per heavy atom. The van der Waals surface area contributed by atoms with Crippen molar-refractivity contribution in [3.8, 4) is 0 Å². The fourth-order valence-corrected chi connectivity index (χ4v) is 8.34. The van der Waals surface area contributed by atoms with Gasteiger partial charge in [-0.15, -0.1) is 0 Å². The van der Waals surface area contributed by atoms with E-state index in [2.05, 4.69) is 20.8 Å². The van der Waals surface area contributed by atoms with Crippen LogP contribution in [0.3, 0.4) is 0 Å². The maximum Gasteiger partial charge on any atom is 0.232 e. The Labute approximate surface area is 161 Å². The molecule has 6 fully saturated rings. The molecule has 144 valence electrons. The van der Waals surface area contributed by atoms with E-state index in [0.717, 1.165) is 23.0 Å². The van der Waals surface area contributed by atoms with Crippen LogP contribution in [0.1, 0.15) is 11.4 Å². The molecule has 2 aromatic rings. The average Bonchev–Trinajstić information content (AvgIpc) is 3.13. The number of carbonyl (C=O) groups is 2. The second kappa shape index (κ2) is 4.04. The molecule has 2 heterocycles. The molecule has 2 N–H and O–H groups in total. The summed E-state index contributed by atoms with van der Waals surface area (Å²) < 4.78 is 3.44. The van der Waals surface area contributed by atoms with Crippen LogP contribution in [0.25, 0.3) is 0 Å². The van der Waals surface area contributed by atoms with Gasteiger partial charge in [0.25, 0.3) is 0 Å². The standard InChI is InChI=1S/C20H22N6O2/c1-7-5-9(25(3)23-7)21-17(27)19-11-14-12(19)16-13(19)15(11)20(14,16)18(28)22-10-6-8(2)24-26(10)4/h5-6,11-16H,1-4H3,(H,21,27)(H,22,28). The summed E-state index contributed by atoms with van der Waals surface area (Å²) in [4.78, 5) is 26.2. The van der Waals surface area contributed by atoms with Crippen molar-refractivity contribution in [2.75, 3.05) is 10.6 Å². The predicted molar refractivity (Wildman–Crippen MR) is 99.0 cm³/mol. The minimum atomic E-state index is -0.191. The number of aromatic nitrogens is 4. The Morgan fingerprint density at radius 3 is 1.36 bits per heavy atom. The normalized spacial score (nSPS) is 44.3. The van der Waals surface area contributed by atoms with E-state index < -0.39 is 0 Å². The van der Waals surface area contributed by atoms with Gasteiger partial charge in [0.2, 0.25) is 11.8 Å². The smallest absolute Gasteiger partial charge is 0.232 e. The predicted octanol–water partition coefficient (Wildman–Crippen LogP) is 1.09. The second-order valence-electron chi connectivity index (χ2n) is 9.52. The number of hydrogen-bond acceptors (Lipinski definition) is 4. The van der Waals surface area contributed by atoms with E-state index in [4.69, 9.17) is 0 Å². The molecule has 28 heavy (non-hydrogen) atoms. The van der Waals surface area contributed by atoms with Gasteiger partial charge in [0.15, 0.2) is 0 Å². The minimum Gasteiger partial charge on any atom is -0.310 e. The van der Waals surface area contributed by atoms with E-state index in [1.54, 1.807) is 9.36 Å². The molecule has 6 saturated carbocycles. The van der Waals surface area contributed by atoms with Gasteiger partial charge in [0.05, 0.1) is 22.2 Å². The van der Waals surface area contributed by atoms with Gasteiger partial charge >= 0.3 is 0 Å². The van der Waals surface area contributed by atoms with Crippen molar-refractivity contribution in [1.29, 1.82) is 0 Å². The molecule has 2 aromatic heterocycles. The summed E-state index contributed by atoms with van der Waals surface area (Å²) in [5, 5.41) is 14.8. The Morgan fingerprint density at radius 1 is 0.786 bits per heavy atom. The average molecular weight is 378 g/mol. The van der Waals surface area contributed by atoms with Crippen molar-refractivity contribution < 1.29 is 9.59 Å². The highest BCUT2D eigenvalue weighted by molar-refractivity contribution is 6.07. The van der Waals surface area contributed by atoms with Gasteiger partial charge in [-0.25, -0.2) is 0 Å². The monoisotopic (exact) mass is 378 g/mol. The first-order chi connectivity index (χ1) is 13.3. The van der Waals surface area contributed by atoms with Gasteiger partial charge in [0, 0.05) is 26.2 Å². The summed E-state index contributed by atoms with van der Waals surface area (Å²) in [5.41, 5.74) is 1.41. The number of nitrogens with one attached hydrogen (secondary N) is 2. The van der Waals surface area contributed by atoms with Crippen LogP contribution >= 0.6 is 0 Å². The largest absolute Gasteiger partial charge is 0.310 e. The fourth-order valence-electron chi connectivity index (χ4n) is 8.34. The molecule has 8 rings (SSSR count). The highest BCUT2D eigenvalue weighted by atomic mass is 16.2. The topological polar surface area (TPSA) is 93.8 Å². The molecular weight excluding hydrogens is 356 g/mol. The van der Waals surface area contributed by atoms with E-state index >= 15 is 0 Å². The molecule has 8 nitrogen and oxygen atoms in total. The molecule has 0 radical (unpaired) electrons. The van der Waals surface area contributed by atoms with E-state index in [9.17, 15) is 9.59 Å². The molecule has 0 aromatic carbocycles. The highest BCUT2D eigenvalue weighted by Gasteiger charge is 3.12. The van der Waals surface area contributed by atoms with Gasteiger partial charge in [-0.05, 0) is 49.4 Å². The minimum absolute atomic E-state index is 0.148. The lowest BCUT2D eigenvalue weighted by Gasteiger charge is -3.09. The van der Waals surface area contributed by atoms with E-state index in [0.29, 0.717) is 35.5 Å². The van der Waals surface area contributed by atoms with Crippen LogP contribution in [0, 0.1) is 60.2 Å². The van der Waals surface area contributed by atoms with Crippen molar-refractivity contribution in [3.63, 3.8) is 0 Å². The summed E-state index contributed by atoms with van der Waals surface area (Å²) in [6.45, 7) is 3.85. The zero-order valence-corrected chi connectivity index (χ0v) is 16.2. The van der Waals surface area contributed by atoms with E-state index in [1.165, 1.54) is 0 Å². The van der Waals surface area contributed by atoms with Crippen molar-refractivity contribution in [3.05, 3.63) is 23.5 Å². The molecular formula is C20H22N6O2. The number of hydrogen-bond donors (Lipinski definition) is 2. The first-order valence-corrected chi connectivity index (χ1v) is 9.98. The molecule has 0 atom stereocenters. The van der Waals surface area contributed by atoms with Crippen LogP contribution < -0.4 is 10.6 Å². The van der Waals surface area contributed by atoms with Gasteiger partial charge in [-0.2, -0.15) is 10.2 Å². The Hall–Kier alpha value is -2.64. The van der Waals surface area contributed by atoms with Gasteiger partial charge < -0.3 is 10.6 Å². The lowest BCUT2D eigenvalue weighted by Crippen LogP contribution is -3.12. The SMILES string of the molecule is Cc1cc(NC(=O)C23C4C5C2C2C3C4C52C(=O)Nc2cc(C)nn2C)n(C)n1. The Kier molecular flexibility index (Phi) is 2.21. The summed E-state index contributed by atoms with van der Waals surface area (Å²) in [5.74, 6) is 4.24. The maximum atomic E-state index is 13.1. The molecule has 0 aliphatic heterocycles. The molecule has 8 heteroatoms. The van der Waals surface area contributed by atoms with E-state index in [-0.39, 0.29) is 22.6 Å². The molecule has 2 amide bonds. The number of carbonyl (C=O) groups excluding carboxylic acids is 2. The number of rotatable bonds is 4. The second-order valence-corrected chi connectivity index (χ2v) is 9.52. The van der Waals surface area contributed by atoms with Crippen molar-refractivity contribution in [2.24, 2.45) is 60.4 Å². The molecule has 0 unspecified atom stereocenters. The summed E-state index contributed by atoms with van der Waals surface area (Å²) in [7, 11) is 3.70. The lowest BCUT2D eigenvalue weighted by atomic mass is 8.92. The number of anilines is 2. The third kappa shape index (κ3) is 1.14. The zero-order chi connectivity index (χ0) is 19.3. The first kappa shape index (κ1) is 15.3. The molecule has 0 bridgehead atoms. The van der Waals surface area contributed by atoms with E-state index in [1.807, 2.05) is 40.1 Å². The van der Waals surface area contributed by atoms with Gasteiger partial charge in [0.1, 0.15) is 11.6 Å². The molecule has 0 saturated heterocycles. The van der Waals surface area contributed by atoms with Crippen LogP contribution in [-0.2, 0) is 23.7 Å². The summed E-state index contributed by atoms with van der Waals surface area (Å²) >= 11 is 0. The lowest BCUT2D eigenvalue weighted by molar-refractivity contribution is -0.622. The van der Waals surface area contributed by atoms with Gasteiger partial charge in [-0.3, -0.25) is 19.0 Å². The Bertz CT molecular complexity index is 984. The van der Waals surface area contributed by atoms with Crippen LogP contribution in [0.4, 0.5) is 11.6 Å². The third-order valence-corrected chi connectivity index (χ3v) is 8.90. The summed E-state index contributed by atoms with van der Waals surface area (Å²) in [6.07, 6.45) is 0. The molecule has 6 aliphatic rings. The van der Waals surface area contributed by atoms with Gasteiger partial charge in [-0.1, -0.05) is 0 Å². The third-order valence-electron chi connectivity index (χ3n) is 8.90. The van der Waals surface area contributed by atoms with Crippen LogP contribution in [0.5, 0.6) is 0 Å². The fraction of sp³-hybridized carbons (Fsp3) is 0.600. The molecule has 6 aliphatic carbocycles. The summed E-state index contributed by atoms with van der Waals surface area (Å²) in [6, 6.07) is 3.81.